The molecule has 0 aliphatic heterocycles. The maximum Gasteiger partial charge on any atom is 0.236 e. The molecule has 126 valence electrons. The third-order valence-electron chi connectivity index (χ3n) is 3.10. The van der Waals surface area contributed by atoms with Gasteiger partial charge in [-0.25, -0.2) is 22.2 Å². The van der Waals surface area contributed by atoms with Crippen molar-refractivity contribution < 1.29 is 17.2 Å². The van der Waals surface area contributed by atoms with Crippen LogP contribution in [0.25, 0.3) is 10.2 Å². The van der Waals surface area contributed by atoms with Crippen LogP contribution in [0.3, 0.4) is 0 Å². The lowest BCUT2D eigenvalue weighted by Gasteiger charge is -2.08. The molecule has 0 bridgehead atoms. The molecule has 0 saturated heterocycles. The van der Waals surface area contributed by atoms with Crippen molar-refractivity contribution >= 4 is 49.0 Å². The zero-order chi connectivity index (χ0) is 17.3. The summed E-state index contributed by atoms with van der Waals surface area (Å²) in [5.41, 5.74) is 1.22. The molecule has 9 heteroatoms. The molecule has 4 nitrogen and oxygen atoms in total. The van der Waals surface area contributed by atoms with Gasteiger partial charge in [-0.2, -0.15) is 0 Å². The Labute approximate surface area is 146 Å². The number of hydrogen-bond acceptors (Lipinski definition) is 5. The van der Waals surface area contributed by atoms with E-state index >= 15 is 0 Å². The van der Waals surface area contributed by atoms with Crippen LogP contribution in [0.5, 0.6) is 0 Å². The molecular formula is C15H12F2N2O2S3. The Morgan fingerprint density at radius 3 is 2.54 bits per heavy atom. The first-order valence-electron chi connectivity index (χ1n) is 6.75. The quantitative estimate of drug-likeness (QED) is 0.667. The van der Waals surface area contributed by atoms with Crippen molar-refractivity contribution in [2.75, 3.05) is 11.0 Å². The van der Waals surface area contributed by atoms with Crippen molar-refractivity contribution in [3.05, 3.63) is 53.6 Å². The fraction of sp³-hybridized carbons (Fsp3) is 0.133. The highest BCUT2D eigenvalue weighted by atomic mass is 32.2. The van der Waals surface area contributed by atoms with E-state index in [4.69, 9.17) is 0 Å². The maximum absolute atomic E-state index is 13.2. The first-order chi connectivity index (χ1) is 11.3. The number of thioether (sulfide) groups is 1. The smallest absolute Gasteiger partial charge is 0.236 e. The number of sulfonamides is 1. The van der Waals surface area contributed by atoms with E-state index in [1.807, 2.05) is 6.26 Å². The summed E-state index contributed by atoms with van der Waals surface area (Å²) in [7, 11) is -3.79. The number of fused-ring (bicyclic) bond motifs is 1. The van der Waals surface area contributed by atoms with Crippen molar-refractivity contribution in [2.24, 2.45) is 0 Å². The zero-order valence-corrected chi connectivity index (χ0v) is 14.9. The Hall–Kier alpha value is -1.71. The highest BCUT2D eigenvalue weighted by molar-refractivity contribution is 8.00. The lowest BCUT2D eigenvalue weighted by molar-refractivity contribution is 0.579. The van der Waals surface area contributed by atoms with Crippen LogP contribution in [-0.4, -0.2) is 19.7 Å². The average molecular weight is 386 g/mol. The van der Waals surface area contributed by atoms with Crippen LogP contribution in [0.15, 0.2) is 40.7 Å². The minimum absolute atomic E-state index is 0.0449. The number of hydrogen-bond donors (Lipinski definition) is 1. The van der Waals surface area contributed by atoms with Crippen molar-refractivity contribution in [1.29, 1.82) is 0 Å². The first-order valence-corrected chi connectivity index (χ1v) is 10.4. The van der Waals surface area contributed by atoms with Crippen LogP contribution in [0, 0.1) is 11.6 Å². The fourth-order valence-electron chi connectivity index (χ4n) is 2.18. The summed E-state index contributed by atoms with van der Waals surface area (Å²) in [6.07, 6.45) is 1.92. The topological polar surface area (TPSA) is 59.1 Å². The summed E-state index contributed by atoms with van der Waals surface area (Å²) in [4.78, 5) is 4.38. The van der Waals surface area contributed by atoms with Gasteiger partial charge in [-0.05, 0) is 42.2 Å². The number of thiazole rings is 1. The Balaban J connectivity index is 1.83. The summed E-state index contributed by atoms with van der Waals surface area (Å²) >= 11 is 2.98. The molecule has 0 fully saturated rings. The van der Waals surface area contributed by atoms with Gasteiger partial charge in [-0.1, -0.05) is 11.8 Å². The van der Waals surface area contributed by atoms with E-state index < -0.39 is 27.4 Å². The number of nitrogens with zero attached hydrogens (tertiary/aromatic N) is 1. The minimum Gasteiger partial charge on any atom is -0.283 e. The van der Waals surface area contributed by atoms with Crippen molar-refractivity contribution in [3.63, 3.8) is 0 Å². The molecule has 3 rings (SSSR count). The van der Waals surface area contributed by atoms with Gasteiger partial charge in [0.25, 0.3) is 0 Å². The highest BCUT2D eigenvalue weighted by Gasteiger charge is 2.14. The molecule has 0 aliphatic rings. The molecule has 1 N–H and O–H groups in total. The fourth-order valence-corrected chi connectivity index (χ4v) is 4.88. The Bertz CT molecular complexity index is 983. The predicted octanol–water partition coefficient (Wildman–Crippen LogP) is 4.24. The summed E-state index contributed by atoms with van der Waals surface area (Å²) in [6, 6.07) is 7.72. The molecule has 0 aliphatic carbocycles. The Morgan fingerprint density at radius 2 is 1.88 bits per heavy atom. The number of rotatable bonds is 5. The molecular weight excluding hydrogens is 374 g/mol. The predicted molar refractivity (Wildman–Crippen MR) is 94.0 cm³/mol. The third-order valence-corrected chi connectivity index (χ3v) is 6.36. The van der Waals surface area contributed by atoms with E-state index in [9.17, 15) is 17.2 Å². The van der Waals surface area contributed by atoms with E-state index in [-0.39, 0.29) is 5.56 Å². The lowest BCUT2D eigenvalue weighted by Crippen LogP contribution is -2.15. The van der Waals surface area contributed by atoms with Gasteiger partial charge in [-0.15, -0.1) is 11.3 Å². The minimum atomic E-state index is -3.79. The molecule has 2 aromatic carbocycles. The second-order valence-corrected chi connectivity index (χ2v) is 8.81. The van der Waals surface area contributed by atoms with Gasteiger partial charge in [0.1, 0.15) is 11.6 Å². The number of benzene rings is 2. The van der Waals surface area contributed by atoms with Crippen LogP contribution in [-0.2, 0) is 15.8 Å². The number of anilines is 1. The molecule has 0 radical (unpaired) electrons. The molecule has 0 spiro atoms. The molecule has 0 amide bonds. The van der Waals surface area contributed by atoms with Gasteiger partial charge in [-0.3, -0.25) is 4.72 Å². The van der Waals surface area contributed by atoms with Crippen LogP contribution in [0.4, 0.5) is 14.5 Å². The molecule has 0 saturated carbocycles. The van der Waals surface area contributed by atoms with Gasteiger partial charge in [0, 0.05) is 6.07 Å². The van der Waals surface area contributed by atoms with Crippen LogP contribution >= 0.6 is 23.1 Å². The monoisotopic (exact) mass is 386 g/mol. The van der Waals surface area contributed by atoms with Crippen molar-refractivity contribution in [2.45, 2.75) is 10.1 Å². The normalized spacial score (nSPS) is 11.8. The molecule has 1 heterocycles. The van der Waals surface area contributed by atoms with Gasteiger partial charge in [0.05, 0.1) is 21.7 Å². The van der Waals surface area contributed by atoms with Crippen LogP contribution < -0.4 is 4.72 Å². The summed E-state index contributed by atoms with van der Waals surface area (Å²) in [6.45, 7) is 0. The maximum atomic E-state index is 13.2. The molecule has 24 heavy (non-hydrogen) atoms. The van der Waals surface area contributed by atoms with E-state index in [0.29, 0.717) is 11.8 Å². The molecule has 0 unspecified atom stereocenters. The zero-order valence-electron chi connectivity index (χ0n) is 12.4. The Morgan fingerprint density at radius 1 is 1.17 bits per heavy atom. The summed E-state index contributed by atoms with van der Waals surface area (Å²) in [5, 5.41) is 0. The average Bonchev–Trinajstić information content (AvgIpc) is 2.87. The van der Waals surface area contributed by atoms with Crippen LogP contribution in [0.2, 0.25) is 0 Å². The number of nitrogens with one attached hydrogen (secondary N) is 1. The van der Waals surface area contributed by atoms with Gasteiger partial charge in [0.15, 0.2) is 4.34 Å². The summed E-state index contributed by atoms with van der Waals surface area (Å²) < 4.78 is 55.0. The summed E-state index contributed by atoms with van der Waals surface area (Å²) in [5.74, 6) is -2.13. The molecule has 3 aromatic rings. The van der Waals surface area contributed by atoms with E-state index in [1.54, 1.807) is 18.2 Å². The number of aromatic nitrogens is 1. The lowest BCUT2D eigenvalue weighted by atomic mass is 10.2. The van der Waals surface area contributed by atoms with Crippen molar-refractivity contribution in [1.82, 2.24) is 4.98 Å². The van der Waals surface area contributed by atoms with Gasteiger partial charge >= 0.3 is 0 Å². The van der Waals surface area contributed by atoms with E-state index in [2.05, 4.69) is 9.71 Å². The second-order valence-electron chi connectivity index (χ2n) is 5.01. The highest BCUT2D eigenvalue weighted by Crippen LogP contribution is 2.30. The van der Waals surface area contributed by atoms with Gasteiger partial charge in [0.2, 0.25) is 10.0 Å². The molecule has 0 atom stereocenters. The van der Waals surface area contributed by atoms with Gasteiger partial charge < -0.3 is 0 Å². The second kappa shape index (κ2) is 6.66. The standard InChI is InChI=1S/C15H12F2N2O2S3/c1-22-15-18-13-3-2-12(7-14(13)23-15)19-24(20,21)8-9-4-10(16)6-11(17)5-9/h2-7,19H,8H2,1H3. The Kier molecular flexibility index (Phi) is 4.75. The molecule has 1 aromatic heterocycles. The first kappa shape index (κ1) is 17.1. The van der Waals surface area contributed by atoms with Crippen LogP contribution in [0.1, 0.15) is 5.56 Å². The number of halogens is 2. The van der Waals surface area contributed by atoms with Crippen molar-refractivity contribution in [3.8, 4) is 0 Å². The largest absolute Gasteiger partial charge is 0.283 e. The van der Waals surface area contributed by atoms with E-state index in [1.165, 1.54) is 23.1 Å². The van der Waals surface area contributed by atoms with E-state index in [0.717, 1.165) is 26.7 Å². The SMILES string of the molecule is CSc1nc2ccc(NS(=O)(=O)Cc3cc(F)cc(F)c3)cc2s1. The third kappa shape index (κ3) is 4.03.